The number of rotatable bonds is 7. The van der Waals surface area contributed by atoms with Gasteiger partial charge in [0.1, 0.15) is 9.84 Å². The molecule has 0 saturated heterocycles. The Morgan fingerprint density at radius 2 is 2.00 bits per heavy atom. The summed E-state index contributed by atoms with van der Waals surface area (Å²) in [7, 11) is -2.85. The summed E-state index contributed by atoms with van der Waals surface area (Å²) in [6.07, 6.45) is 6.55. The Morgan fingerprint density at radius 1 is 1.25 bits per heavy atom. The van der Waals surface area contributed by atoms with Crippen LogP contribution >= 0.6 is 0 Å². The SMILES string of the molecule is CCNC(CCCS(C)(=O)=O)c1ccc2c(c1)CCC2. The minimum atomic E-state index is -2.85. The van der Waals surface area contributed by atoms with Gasteiger partial charge in [0.25, 0.3) is 0 Å². The van der Waals surface area contributed by atoms with Crippen LogP contribution in [-0.4, -0.2) is 27.0 Å². The first-order valence-corrected chi connectivity index (χ1v) is 9.58. The molecule has 1 aromatic rings. The van der Waals surface area contributed by atoms with Crippen LogP contribution in [-0.2, 0) is 22.7 Å². The van der Waals surface area contributed by atoms with E-state index in [1.54, 1.807) is 0 Å². The van der Waals surface area contributed by atoms with Crippen molar-refractivity contribution >= 4 is 9.84 Å². The number of hydrogen-bond acceptors (Lipinski definition) is 3. The van der Waals surface area contributed by atoms with E-state index in [-0.39, 0.29) is 11.8 Å². The number of hydrogen-bond donors (Lipinski definition) is 1. The molecule has 0 heterocycles. The van der Waals surface area contributed by atoms with Gasteiger partial charge in [0.05, 0.1) is 0 Å². The van der Waals surface area contributed by atoms with Crippen LogP contribution in [0.3, 0.4) is 0 Å². The number of fused-ring (bicyclic) bond motifs is 1. The molecule has 0 bridgehead atoms. The molecule has 0 fully saturated rings. The predicted molar refractivity (Wildman–Crippen MR) is 83.8 cm³/mol. The lowest BCUT2D eigenvalue weighted by atomic mass is 9.98. The highest BCUT2D eigenvalue weighted by Crippen LogP contribution is 2.27. The van der Waals surface area contributed by atoms with Crippen molar-refractivity contribution in [3.63, 3.8) is 0 Å². The van der Waals surface area contributed by atoms with Gasteiger partial charge in [-0.1, -0.05) is 25.1 Å². The van der Waals surface area contributed by atoms with Crippen molar-refractivity contribution in [1.82, 2.24) is 5.32 Å². The number of benzene rings is 1. The maximum absolute atomic E-state index is 11.2. The van der Waals surface area contributed by atoms with Crippen molar-refractivity contribution in [2.45, 2.75) is 45.1 Å². The largest absolute Gasteiger partial charge is 0.310 e. The van der Waals surface area contributed by atoms with Gasteiger partial charge in [0, 0.05) is 18.1 Å². The van der Waals surface area contributed by atoms with Gasteiger partial charge < -0.3 is 5.32 Å². The molecule has 0 spiro atoms. The summed E-state index contributed by atoms with van der Waals surface area (Å²) in [5.41, 5.74) is 4.27. The molecular formula is C16H25NO2S. The van der Waals surface area contributed by atoms with Crippen molar-refractivity contribution < 1.29 is 8.42 Å². The second-order valence-electron chi connectivity index (χ2n) is 5.76. The van der Waals surface area contributed by atoms with Crippen LogP contribution in [0.25, 0.3) is 0 Å². The van der Waals surface area contributed by atoms with E-state index in [4.69, 9.17) is 0 Å². The topological polar surface area (TPSA) is 46.2 Å². The first kappa shape index (κ1) is 15.5. The monoisotopic (exact) mass is 295 g/mol. The van der Waals surface area contributed by atoms with Crippen LogP contribution in [0.2, 0.25) is 0 Å². The maximum atomic E-state index is 11.2. The number of sulfone groups is 1. The van der Waals surface area contributed by atoms with Crippen molar-refractivity contribution in [3.8, 4) is 0 Å². The molecule has 3 nitrogen and oxygen atoms in total. The Hall–Kier alpha value is -0.870. The van der Waals surface area contributed by atoms with E-state index in [0.29, 0.717) is 6.42 Å². The molecular weight excluding hydrogens is 270 g/mol. The molecule has 4 heteroatoms. The molecule has 20 heavy (non-hydrogen) atoms. The summed E-state index contributed by atoms with van der Waals surface area (Å²) >= 11 is 0. The fourth-order valence-corrected chi connectivity index (χ4v) is 3.68. The molecule has 1 atom stereocenters. The summed E-state index contributed by atoms with van der Waals surface area (Å²) in [5, 5.41) is 3.48. The predicted octanol–water partition coefficient (Wildman–Crippen LogP) is 2.65. The quantitative estimate of drug-likeness (QED) is 0.841. The van der Waals surface area contributed by atoms with Gasteiger partial charge in [-0.25, -0.2) is 8.42 Å². The van der Waals surface area contributed by atoms with E-state index in [9.17, 15) is 8.42 Å². The second kappa shape index (κ2) is 6.72. The fourth-order valence-electron chi connectivity index (χ4n) is 2.99. The van der Waals surface area contributed by atoms with Crippen LogP contribution in [0, 0.1) is 0 Å². The standard InChI is InChI=1S/C16H25NO2S/c1-3-17-16(8-5-11-20(2,18)19)15-10-9-13-6-4-7-14(13)12-15/h9-10,12,16-17H,3-8,11H2,1-2H3. The molecule has 0 radical (unpaired) electrons. The third kappa shape index (κ3) is 4.32. The minimum Gasteiger partial charge on any atom is -0.310 e. The van der Waals surface area contributed by atoms with Gasteiger partial charge in [-0.3, -0.25) is 0 Å². The Morgan fingerprint density at radius 3 is 2.70 bits per heavy atom. The second-order valence-corrected chi connectivity index (χ2v) is 8.02. The lowest BCUT2D eigenvalue weighted by Gasteiger charge is -2.19. The first-order chi connectivity index (χ1) is 9.49. The van der Waals surface area contributed by atoms with Gasteiger partial charge in [-0.15, -0.1) is 0 Å². The van der Waals surface area contributed by atoms with Gasteiger partial charge in [0.2, 0.25) is 0 Å². The number of nitrogens with one attached hydrogen (secondary N) is 1. The summed E-state index contributed by atoms with van der Waals surface area (Å²) < 4.78 is 22.5. The lowest BCUT2D eigenvalue weighted by molar-refractivity contribution is 0.506. The Balaban J connectivity index is 2.04. The molecule has 0 amide bonds. The van der Waals surface area contributed by atoms with Crippen LogP contribution in [0.4, 0.5) is 0 Å². The smallest absolute Gasteiger partial charge is 0.147 e. The van der Waals surface area contributed by atoms with Gasteiger partial charge in [-0.2, -0.15) is 0 Å². The van der Waals surface area contributed by atoms with Crippen molar-refractivity contribution in [2.75, 3.05) is 18.6 Å². The molecule has 0 aromatic heterocycles. The first-order valence-electron chi connectivity index (χ1n) is 7.52. The molecule has 2 rings (SSSR count). The molecule has 1 N–H and O–H groups in total. The van der Waals surface area contributed by atoms with E-state index in [0.717, 1.165) is 13.0 Å². The Bertz CT molecular complexity index is 552. The highest BCUT2D eigenvalue weighted by molar-refractivity contribution is 7.90. The average Bonchev–Trinajstić information content (AvgIpc) is 2.83. The van der Waals surface area contributed by atoms with E-state index in [2.05, 4.69) is 30.4 Å². The van der Waals surface area contributed by atoms with E-state index < -0.39 is 9.84 Å². The van der Waals surface area contributed by atoms with E-state index in [1.165, 1.54) is 42.2 Å². The van der Waals surface area contributed by atoms with Crippen LogP contribution in [0.5, 0.6) is 0 Å². The van der Waals surface area contributed by atoms with E-state index >= 15 is 0 Å². The third-order valence-corrected chi connectivity index (χ3v) is 5.01. The third-order valence-electron chi connectivity index (χ3n) is 3.98. The zero-order valence-electron chi connectivity index (χ0n) is 12.5. The van der Waals surface area contributed by atoms with Crippen LogP contribution in [0.1, 0.15) is 48.9 Å². The normalized spacial score (nSPS) is 16.1. The summed E-state index contributed by atoms with van der Waals surface area (Å²) in [6, 6.07) is 7.04. The van der Waals surface area contributed by atoms with Crippen molar-refractivity contribution in [3.05, 3.63) is 34.9 Å². The lowest BCUT2D eigenvalue weighted by Crippen LogP contribution is -2.22. The van der Waals surface area contributed by atoms with Gasteiger partial charge >= 0.3 is 0 Å². The van der Waals surface area contributed by atoms with Crippen molar-refractivity contribution in [2.24, 2.45) is 0 Å². The molecule has 1 aliphatic rings. The van der Waals surface area contributed by atoms with Crippen LogP contribution < -0.4 is 5.32 Å². The summed E-state index contributed by atoms with van der Waals surface area (Å²) in [6.45, 7) is 3.00. The Kier molecular flexibility index (Phi) is 5.22. The van der Waals surface area contributed by atoms with Crippen molar-refractivity contribution in [1.29, 1.82) is 0 Å². The van der Waals surface area contributed by atoms with Gasteiger partial charge in [-0.05, 0) is 55.3 Å². The fraction of sp³-hybridized carbons (Fsp3) is 0.625. The molecule has 1 aliphatic carbocycles. The highest BCUT2D eigenvalue weighted by atomic mass is 32.2. The molecule has 112 valence electrons. The summed E-state index contributed by atoms with van der Waals surface area (Å²) in [5.74, 6) is 0.278. The molecule has 0 saturated carbocycles. The highest BCUT2D eigenvalue weighted by Gasteiger charge is 2.16. The Labute approximate surface area is 122 Å². The number of aryl methyl sites for hydroxylation is 2. The van der Waals surface area contributed by atoms with Gasteiger partial charge in [0.15, 0.2) is 0 Å². The average molecular weight is 295 g/mol. The molecule has 0 aliphatic heterocycles. The van der Waals surface area contributed by atoms with E-state index in [1.807, 2.05) is 0 Å². The zero-order valence-corrected chi connectivity index (χ0v) is 13.3. The zero-order chi connectivity index (χ0) is 14.6. The summed E-state index contributed by atoms with van der Waals surface area (Å²) in [4.78, 5) is 0. The molecule has 1 unspecified atom stereocenters. The molecule has 1 aromatic carbocycles. The maximum Gasteiger partial charge on any atom is 0.147 e. The minimum absolute atomic E-state index is 0.271. The van der Waals surface area contributed by atoms with Crippen LogP contribution in [0.15, 0.2) is 18.2 Å².